The molecule has 7 nitrogen and oxygen atoms in total. The fraction of sp³-hybridized carbons (Fsp3) is 0.500. The second-order valence-corrected chi connectivity index (χ2v) is 3.92. The molecule has 0 saturated carbocycles. The molecule has 0 aliphatic carbocycles. The van der Waals surface area contributed by atoms with Gasteiger partial charge in [0.1, 0.15) is 11.9 Å². The van der Waals surface area contributed by atoms with Gasteiger partial charge in [-0.1, -0.05) is 0 Å². The second-order valence-electron chi connectivity index (χ2n) is 3.92. The lowest BCUT2D eigenvalue weighted by Crippen LogP contribution is -2.53. The van der Waals surface area contributed by atoms with E-state index in [0.717, 1.165) is 5.56 Å². The van der Waals surface area contributed by atoms with Crippen LogP contribution in [0, 0.1) is 6.92 Å². The number of primary amides is 1. The van der Waals surface area contributed by atoms with Crippen molar-refractivity contribution in [1.29, 1.82) is 0 Å². The second kappa shape index (κ2) is 4.54. The largest absolute Gasteiger partial charge is 0.377 e. The molecule has 1 aliphatic heterocycles. The molecule has 1 fully saturated rings. The molecular formula is C10H15N5O2. The summed E-state index contributed by atoms with van der Waals surface area (Å²) in [6.07, 6.45) is 1.63. The Balaban J connectivity index is 2.35. The summed E-state index contributed by atoms with van der Waals surface area (Å²) in [7, 11) is 0. The summed E-state index contributed by atoms with van der Waals surface area (Å²) in [5, 5.41) is 0. The third-order valence-electron chi connectivity index (χ3n) is 2.69. The third kappa shape index (κ3) is 2.28. The van der Waals surface area contributed by atoms with Gasteiger partial charge >= 0.3 is 0 Å². The molecule has 92 valence electrons. The zero-order valence-electron chi connectivity index (χ0n) is 9.59. The highest BCUT2D eigenvalue weighted by molar-refractivity contribution is 5.84. The van der Waals surface area contributed by atoms with Crippen LogP contribution in [0.2, 0.25) is 0 Å². The number of amides is 1. The molecule has 0 bridgehead atoms. The van der Waals surface area contributed by atoms with Crippen molar-refractivity contribution in [2.45, 2.75) is 13.0 Å². The Kier molecular flexibility index (Phi) is 3.10. The smallest absolute Gasteiger partial charge is 0.242 e. The lowest BCUT2D eigenvalue weighted by Gasteiger charge is -2.35. The summed E-state index contributed by atoms with van der Waals surface area (Å²) in [5.41, 5.74) is 11.8. The van der Waals surface area contributed by atoms with E-state index in [1.807, 2.05) is 11.8 Å². The first-order chi connectivity index (χ1) is 8.09. The van der Waals surface area contributed by atoms with Crippen molar-refractivity contribution >= 4 is 17.7 Å². The molecule has 1 atom stereocenters. The minimum absolute atomic E-state index is 0.181. The monoisotopic (exact) mass is 237 g/mol. The third-order valence-corrected chi connectivity index (χ3v) is 2.69. The van der Waals surface area contributed by atoms with Crippen LogP contribution in [0.15, 0.2) is 6.20 Å². The zero-order valence-corrected chi connectivity index (χ0v) is 9.59. The van der Waals surface area contributed by atoms with Crippen molar-refractivity contribution in [3.63, 3.8) is 0 Å². The van der Waals surface area contributed by atoms with Crippen molar-refractivity contribution in [3.05, 3.63) is 11.8 Å². The van der Waals surface area contributed by atoms with Crippen molar-refractivity contribution in [2.75, 3.05) is 30.4 Å². The van der Waals surface area contributed by atoms with Gasteiger partial charge in [0, 0.05) is 18.3 Å². The number of carbonyl (C=O) groups is 1. The van der Waals surface area contributed by atoms with Gasteiger partial charge in [0.25, 0.3) is 0 Å². The number of nitrogen functional groups attached to an aromatic ring is 1. The summed E-state index contributed by atoms with van der Waals surface area (Å²) < 4.78 is 5.25. The van der Waals surface area contributed by atoms with Crippen LogP contribution in [-0.2, 0) is 9.53 Å². The van der Waals surface area contributed by atoms with Gasteiger partial charge in [-0.3, -0.25) is 4.79 Å². The Morgan fingerprint density at radius 3 is 3.12 bits per heavy atom. The van der Waals surface area contributed by atoms with Gasteiger partial charge in [-0.05, 0) is 6.92 Å². The molecule has 7 heteroatoms. The van der Waals surface area contributed by atoms with Gasteiger partial charge in [0.2, 0.25) is 11.9 Å². The molecule has 2 rings (SSSR count). The van der Waals surface area contributed by atoms with Crippen LogP contribution >= 0.6 is 0 Å². The molecule has 1 aromatic rings. The molecule has 1 unspecified atom stereocenters. The van der Waals surface area contributed by atoms with Crippen LogP contribution in [-0.4, -0.2) is 41.7 Å². The van der Waals surface area contributed by atoms with Gasteiger partial charge in [-0.15, -0.1) is 0 Å². The lowest BCUT2D eigenvalue weighted by molar-refractivity contribution is -0.121. The van der Waals surface area contributed by atoms with E-state index < -0.39 is 11.9 Å². The molecule has 1 aromatic heterocycles. The molecule has 1 amide bonds. The maximum atomic E-state index is 11.4. The highest BCUT2D eigenvalue weighted by atomic mass is 16.5. The molecule has 4 N–H and O–H groups in total. The normalized spacial score (nSPS) is 20.3. The Morgan fingerprint density at radius 1 is 1.65 bits per heavy atom. The van der Waals surface area contributed by atoms with Gasteiger partial charge in [-0.25, -0.2) is 4.98 Å². The number of hydrogen-bond donors (Lipinski definition) is 2. The predicted molar refractivity (Wildman–Crippen MR) is 62.3 cm³/mol. The average Bonchev–Trinajstić information content (AvgIpc) is 2.32. The number of ether oxygens (including phenoxy) is 1. The van der Waals surface area contributed by atoms with Crippen molar-refractivity contribution < 1.29 is 9.53 Å². The van der Waals surface area contributed by atoms with Gasteiger partial charge in [-0.2, -0.15) is 4.98 Å². The zero-order chi connectivity index (χ0) is 12.4. The first-order valence-electron chi connectivity index (χ1n) is 5.32. The van der Waals surface area contributed by atoms with Gasteiger partial charge in [0.05, 0.1) is 13.2 Å². The highest BCUT2D eigenvalue weighted by Gasteiger charge is 2.29. The fourth-order valence-corrected chi connectivity index (χ4v) is 1.83. The Morgan fingerprint density at radius 2 is 2.41 bits per heavy atom. The molecule has 0 aromatic carbocycles. The number of hydrogen-bond acceptors (Lipinski definition) is 6. The first kappa shape index (κ1) is 11.6. The van der Waals surface area contributed by atoms with E-state index in [4.69, 9.17) is 16.2 Å². The Bertz CT molecular complexity index is 437. The van der Waals surface area contributed by atoms with Crippen LogP contribution < -0.4 is 16.4 Å². The molecule has 2 heterocycles. The van der Waals surface area contributed by atoms with Crippen LogP contribution in [0.3, 0.4) is 0 Å². The standard InChI is InChI=1S/C10H15N5O2/c1-6-4-13-10(12)14-9(6)15-2-3-17-5-7(15)8(11)16/h4,7H,2-3,5H2,1H3,(H2,11,16)(H2,12,13,14). The number of nitrogens with two attached hydrogens (primary N) is 2. The van der Waals surface area contributed by atoms with Gasteiger partial charge < -0.3 is 21.1 Å². The molecule has 17 heavy (non-hydrogen) atoms. The van der Waals surface area contributed by atoms with Crippen molar-refractivity contribution in [1.82, 2.24) is 9.97 Å². The molecule has 1 saturated heterocycles. The average molecular weight is 237 g/mol. The predicted octanol–water partition coefficient (Wildman–Crippen LogP) is -0.942. The van der Waals surface area contributed by atoms with Gasteiger partial charge in [0.15, 0.2) is 0 Å². The number of aromatic nitrogens is 2. The molecule has 0 spiro atoms. The van der Waals surface area contributed by atoms with E-state index in [1.54, 1.807) is 6.20 Å². The van der Waals surface area contributed by atoms with Crippen LogP contribution in [0.5, 0.6) is 0 Å². The van der Waals surface area contributed by atoms with Crippen LogP contribution in [0.25, 0.3) is 0 Å². The van der Waals surface area contributed by atoms with Crippen LogP contribution in [0.1, 0.15) is 5.56 Å². The molecule has 1 aliphatic rings. The summed E-state index contributed by atoms with van der Waals surface area (Å²) in [6.45, 7) is 3.24. The minimum atomic E-state index is -0.503. The Hall–Kier alpha value is -1.89. The number of nitrogens with zero attached hydrogens (tertiary/aromatic N) is 3. The van der Waals surface area contributed by atoms with E-state index >= 15 is 0 Å². The SMILES string of the molecule is Cc1cnc(N)nc1N1CCOCC1C(N)=O. The van der Waals surface area contributed by atoms with E-state index in [2.05, 4.69) is 9.97 Å². The van der Waals surface area contributed by atoms with E-state index in [-0.39, 0.29) is 12.6 Å². The number of rotatable bonds is 2. The topological polar surface area (TPSA) is 107 Å². The summed E-state index contributed by atoms with van der Waals surface area (Å²) in [6, 6.07) is -0.503. The first-order valence-corrected chi connectivity index (χ1v) is 5.32. The minimum Gasteiger partial charge on any atom is -0.377 e. The summed E-state index contributed by atoms with van der Waals surface area (Å²) in [4.78, 5) is 21.2. The van der Waals surface area contributed by atoms with Crippen molar-refractivity contribution in [2.24, 2.45) is 5.73 Å². The molecule has 0 radical (unpaired) electrons. The number of anilines is 2. The number of carbonyl (C=O) groups excluding carboxylic acids is 1. The van der Waals surface area contributed by atoms with Crippen LogP contribution in [0.4, 0.5) is 11.8 Å². The lowest BCUT2D eigenvalue weighted by atomic mass is 10.2. The summed E-state index contributed by atoms with van der Waals surface area (Å²) in [5.74, 6) is 0.395. The van der Waals surface area contributed by atoms with E-state index in [9.17, 15) is 4.79 Å². The number of morpholine rings is 1. The maximum Gasteiger partial charge on any atom is 0.242 e. The van der Waals surface area contributed by atoms with E-state index in [1.165, 1.54) is 0 Å². The fourth-order valence-electron chi connectivity index (χ4n) is 1.83. The maximum absolute atomic E-state index is 11.4. The highest BCUT2D eigenvalue weighted by Crippen LogP contribution is 2.21. The quantitative estimate of drug-likeness (QED) is 0.687. The van der Waals surface area contributed by atoms with Crippen molar-refractivity contribution in [3.8, 4) is 0 Å². The number of aryl methyl sites for hydroxylation is 1. The van der Waals surface area contributed by atoms with E-state index in [0.29, 0.717) is 19.0 Å². The summed E-state index contributed by atoms with van der Waals surface area (Å²) >= 11 is 0. The Labute approximate surface area is 98.8 Å². The molecular weight excluding hydrogens is 222 g/mol.